The van der Waals surface area contributed by atoms with Gasteiger partial charge in [0.15, 0.2) is 0 Å². The van der Waals surface area contributed by atoms with E-state index in [0.717, 1.165) is 21.2 Å². The molecule has 106 valence electrons. The smallest absolute Gasteiger partial charge is 0.266 e. The van der Waals surface area contributed by atoms with E-state index < -0.39 is 0 Å². The number of carbonyl (C=O) groups is 2. The standard InChI is InChI=1S/C17H14BrNO2/c1-9-4-7-12(18)13(8-9)19-16(20)14-10(2)5-6-11(3)15(14)17(19)21/h4-8H,1-3H3. The van der Waals surface area contributed by atoms with Crippen LogP contribution in [-0.2, 0) is 0 Å². The van der Waals surface area contributed by atoms with E-state index in [2.05, 4.69) is 15.9 Å². The number of hydrogen-bond donors (Lipinski definition) is 0. The normalized spacial score (nSPS) is 13.8. The van der Waals surface area contributed by atoms with Crippen LogP contribution in [0.1, 0.15) is 37.4 Å². The molecule has 2 amide bonds. The number of benzene rings is 2. The Bertz CT molecular complexity index is 755. The maximum Gasteiger partial charge on any atom is 0.266 e. The molecule has 0 spiro atoms. The van der Waals surface area contributed by atoms with Gasteiger partial charge in [0.25, 0.3) is 11.8 Å². The first-order valence-electron chi connectivity index (χ1n) is 6.67. The summed E-state index contributed by atoms with van der Waals surface area (Å²) in [6.45, 7) is 5.65. The first kappa shape index (κ1) is 14.0. The molecule has 0 saturated heterocycles. The minimum absolute atomic E-state index is 0.248. The third-order valence-electron chi connectivity index (χ3n) is 3.80. The highest BCUT2D eigenvalue weighted by atomic mass is 79.9. The summed E-state index contributed by atoms with van der Waals surface area (Å²) in [5.74, 6) is -0.495. The molecule has 0 aromatic heterocycles. The first-order chi connectivity index (χ1) is 9.91. The number of anilines is 1. The maximum absolute atomic E-state index is 12.7. The van der Waals surface area contributed by atoms with Crippen molar-refractivity contribution in [3.63, 3.8) is 0 Å². The lowest BCUT2D eigenvalue weighted by atomic mass is 9.99. The summed E-state index contributed by atoms with van der Waals surface area (Å²) < 4.78 is 0.734. The van der Waals surface area contributed by atoms with Crippen LogP contribution in [-0.4, -0.2) is 11.8 Å². The maximum atomic E-state index is 12.7. The predicted molar refractivity (Wildman–Crippen MR) is 85.9 cm³/mol. The summed E-state index contributed by atoms with van der Waals surface area (Å²) in [4.78, 5) is 26.7. The molecule has 3 rings (SSSR count). The number of fused-ring (bicyclic) bond motifs is 1. The Morgan fingerprint density at radius 3 is 1.90 bits per heavy atom. The van der Waals surface area contributed by atoms with Gasteiger partial charge in [-0.05, 0) is 65.5 Å². The van der Waals surface area contributed by atoms with Crippen LogP contribution in [0.2, 0.25) is 0 Å². The minimum Gasteiger partial charge on any atom is -0.268 e. The lowest BCUT2D eigenvalue weighted by Crippen LogP contribution is -2.30. The molecule has 0 unspecified atom stereocenters. The molecule has 1 aliphatic heterocycles. The fraction of sp³-hybridized carbons (Fsp3) is 0.176. The summed E-state index contributed by atoms with van der Waals surface area (Å²) in [5.41, 5.74) is 4.31. The fourth-order valence-corrected chi connectivity index (χ4v) is 3.11. The summed E-state index contributed by atoms with van der Waals surface area (Å²) in [7, 11) is 0. The van der Waals surface area contributed by atoms with Crippen LogP contribution < -0.4 is 4.90 Å². The fourth-order valence-electron chi connectivity index (χ4n) is 2.69. The van der Waals surface area contributed by atoms with Gasteiger partial charge in [0, 0.05) is 4.47 Å². The van der Waals surface area contributed by atoms with Crippen molar-refractivity contribution in [2.45, 2.75) is 20.8 Å². The molecule has 0 fully saturated rings. The van der Waals surface area contributed by atoms with Gasteiger partial charge in [-0.2, -0.15) is 0 Å². The van der Waals surface area contributed by atoms with Crippen LogP contribution in [0.15, 0.2) is 34.8 Å². The average Bonchev–Trinajstić information content (AvgIpc) is 2.70. The molecule has 0 bridgehead atoms. The molecular formula is C17H14BrNO2. The zero-order chi connectivity index (χ0) is 15.3. The second kappa shape index (κ2) is 4.81. The van der Waals surface area contributed by atoms with Crippen LogP contribution in [0.5, 0.6) is 0 Å². The number of aryl methyl sites for hydroxylation is 3. The van der Waals surface area contributed by atoms with Crippen LogP contribution >= 0.6 is 15.9 Å². The Hall–Kier alpha value is -1.94. The summed E-state index contributed by atoms with van der Waals surface area (Å²) >= 11 is 3.43. The van der Waals surface area contributed by atoms with E-state index in [1.54, 1.807) is 0 Å². The number of amides is 2. The van der Waals surface area contributed by atoms with Crippen molar-refractivity contribution in [2.24, 2.45) is 0 Å². The Morgan fingerprint density at radius 2 is 1.38 bits per heavy atom. The molecule has 0 atom stereocenters. The van der Waals surface area contributed by atoms with Gasteiger partial charge in [0.2, 0.25) is 0 Å². The molecular weight excluding hydrogens is 330 g/mol. The van der Waals surface area contributed by atoms with Crippen molar-refractivity contribution in [1.82, 2.24) is 0 Å². The van der Waals surface area contributed by atoms with Crippen molar-refractivity contribution in [2.75, 3.05) is 4.90 Å². The highest BCUT2D eigenvalue weighted by molar-refractivity contribution is 9.10. The molecule has 3 nitrogen and oxygen atoms in total. The van der Waals surface area contributed by atoms with Crippen molar-refractivity contribution in [3.8, 4) is 0 Å². The number of hydrogen-bond acceptors (Lipinski definition) is 2. The van der Waals surface area contributed by atoms with E-state index in [9.17, 15) is 9.59 Å². The summed E-state index contributed by atoms with van der Waals surface area (Å²) in [6.07, 6.45) is 0. The zero-order valence-electron chi connectivity index (χ0n) is 12.0. The Balaban J connectivity index is 2.23. The van der Waals surface area contributed by atoms with Gasteiger partial charge in [-0.3, -0.25) is 9.59 Å². The number of rotatable bonds is 1. The van der Waals surface area contributed by atoms with Crippen molar-refractivity contribution >= 4 is 33.4 Å². The minimum atomic E-state index is -0.248. The molecule has 1 aliphatic rings. The summed E-state index contributed by atoms with van der Waals surface area (Å²) in [6, 6.07) is 9.40. The molecule has 2 aromatic carbocycles. The Morgan fingerprint density at radius 1 is 0.857 bits per heavy atom. The number of imide groups is 1. The predicted octanol–water partition coefficient (Wildman–Crippen LogP) is 4.17. The van der Waals surface area contributed by atoms with E-state index in [1.165, 1.54) is 4.90 Å². The van der Waals surface area contributed by atoms with Crippen LogP contribution in [0.25, 0.3) is 0 Å². The lowest BCUT2D eigenvalue weighted by Gasteiger charge is -2.16. The SMILES string of the molecule is Cc1ccc(Br)c(N2C(=O)c3c(C)ccc(C)c3C2=O)c1. The molecule has 0 N–H and O–H groups in total. The van der Waals surface area contributed by atoms with Crippen LogP contribution in [0.4, 0.5) is 5.69 Å². The lowest BCUT2D eigenvalue weighted by molar-refractivity contribution is 0.0926. The van der Waals surface area contributed by atoms with Crippen molar-refractivity contribution in [1.29, 1.82) is 0 Å². The van der Waals surface area contributed by atoms with Crippen LogP contribution in [0, 0.1) is 20.8 Å². The third kappa shape index (κ3) is 2.02. The Labute approximate surface area is 131 Å². The van der Waals surface area contributed by atoms with Gasteiger partial charge in [-0.15, -0.1) is 0 Å². The van der Waals surface area contributed by atoms with Gasteiger partial charge < -0.3 is 0 Å². The quantitative estimate of drug-likeness (QED) is 0.728. The molecule has 1 heterocycles. The van der Waals surface area contributed by atoms with Gasteiger partial charge >= 0.3 is 0 Å². The van der Waals surface area contributed by atoms with Gasteiger partial charge in [0.05, 0.1) is 16.8 Å². The number of halogens is 1. The largest absolute Gasteiger partial charge is 0.268 e. The zero-order valence-corrected chi connectivity index (χ0v) is 13.6. The molecule has 0 saturated carbocycles. The monoisotopic (exact) mass is 343 g/mol. The van der Waals surface area contributed by atoms with E-state index in [1.807, 2.05) is 51.1 Å². The molecule has 21 heavy (non-hydrogen) atoms. The van der Waals surface area contributed by atoms with Gasteiger partial charge in [-0.25, -0.2) is 4.90 Å². The molecule has 4 heteroatoms. The van der Waals surface area contributed by atoms with E-state index >= 15 is 0 Å². The highest BCUT2D eigenvalue weighted by Gasteiger charge is 2.39. The topological polar surface area (TPSA) is 37.4 Å². The third-order valence-corrected chi connectivity index (χ3v) is 4.47. The average molecular weight is 344 g/mol. The van der Waals surface area contributed by atoms with Crippen LogP contribution in [0.3, 0.4) is 0 Å². The number of carbonyl (C=O) groups excluding carboxylic acids is 2. The van der Waals surface area contributed by atoms with Crippen molar-refractivity contribution < 1.29 is 9.59 Å². The van der Waals surface area contributed by atoms with Gasteiger partial charge in [0.1, 0.15) is 0 Å². The highest BCUT2D eigenvalue weighted by Crippen LogP contribution is 2.36. The van der Waals surface area contributed by atoms with Gasteiger partial charge in [-0.1, -0.05) is 18.2 Å². The van der Waals surface area contributed by atoms with E-state index in [4.69, 9.17) is 0 Å². The molecule has 2 aromatic rings. The molecule has 0 radical (unpaired) electrons. The number of nitrogens with zero attached hydrogens (tertiary/aromatic N) is 1. The Kier molecular flexibility index (Phi) is 3.21. The van der Waals surface area contributed by atoms with E-state index in [0.29, 0.717) is 16.8 Å². The first-order valence-corrected chi connectivity index (χ1v) is 7.46. The second-order valence-corrected chi connectivity index (χ2v) is 6.20. The summed E-state index contributed by atoms with van der Waals surface area (Å²) in [5, 5.41) is 0. The molecule has 0 aliphatic carbocycles. The van der Waals surface area contributed by atoms with Crippen molar-refractivity contribution in [3.05, 3.63) is 62.6 Å². The second-order valence-electron chi connectivity index (χ2n) is 5.35. The van der Waals surface area contributed by atoms with E-state index in [-0.39, 0.29) is 11.8 Å².